The van der Waals surface area contributed by atoms with Crippen LogP contribution in [-0.2, 0) is 4.79 Å². The maximum Gasteiger partial charge on any atom is 0.270 e. The Bertz CT molecular complexity index is 1170. The van der Waals surface area contributed by atoms with Crippen LogP contribution in [0.1, 0.15) is 5.76 Å². The van der Waals surface area contributed by atoms with Gasteiger partial charge in [-0.2, -0.15) is 5.26 Å². The number of methoxy groups -OCH3 is 1. The maximum atomic E-state index is 12.3. The first-order chi connectivity index (χ1) is 14.4. The number of carbonyl (C=O) groups is 1. The SMILES string of the molecule is COc1ccc([N+](=O)[O-])cc1-c1ccc(/C=C(/C#N)C(=O)Nc2ccc(O)cc2)o1. The van der Waals surface area contributed by atoms with E-state index in [9.17, 15) is 25.3 Å². The number of anilines is 1. The number of carbonyl (C=O) groups excluding carboxylic acids is 1. The zero-order chi connectivity index (χ0) is 21.7. The number of nitrogens with zero attached hydrogens (tertiary/aromatic N) is 2. The minimum Gasteiger partial charge on any atom is -0.508 e. The summed E-state index contributed by atoms with van der Waals surface area (Å²) in [6.45, 7) is 0. The summed E-state index contributed by atoms with van der Waals surface area (Å²) < 4.78 is 10.9. The van der Waals surface area contributed by atoms with Gasteiger partial charge in [-0.1, -0.05) is 0 Å². The summed E-state index contributed by atoms with van der Waals surface area (Å²) >= 11 is 0. The van der Waals surface area contributed by atoms with Gasteiger partial charge in [-0.25, -0.2) is 0 Å². The molecule has 150 valence electrons. The Morgan fingerprint density at radius 2 is 1.97 bits per heavy atom. The van der Waals surface area contributed by atoms with Gasteiger partial charge in [0.1, 0.15) is 34.7 Å². The van der Waals surface area contributed by atoms with Crippen molar-refractivity contribution in [3.8, 4) is 28.9 Å². The Balaban J connectivity index is 1.87. The molecule has 9 heteroatoms. The number of benzene rings is 2. The van der Waals surface area contributed by atoms with Crippen LogP contribution < -0.4 is 10.1 Å². The number of hydrogen-bond donors (Lipinski definition) is 2. The minimum absolute atomic E-state index is 0.0451. The van der Waals surface area contributed by atoms with Crippen LogP contribution in [-0.4, -0.2) is 23.0 Å². The number of nitrogens with one attached hydrogen (secondary N) is 1. The number of furan rings is 1. The number of ether oxygens (including phenoxy) is 1. The standard InChI is InChI=1S/C21H15N3O6/c1-29-19-8-4-15(24(27)28)11-18(19)20-9-7-17(30-20)10-13(12-22)21(26)23-14-2-5-16(25)6-3-14/h2-11,25H,1H3,(H,23,26)/b13-10-. The number of nitriles is 1. The van der Waals surface area contributed by atoms with Crippen molar-refractivity contribution in [3.05, 3.63) is 76.0 Å². The van der Waals surface area contributed by atoms with Crippen LogP contribution in [0.2, 0.25) is 0 Å². The predicted molar refractivity (Wildman–Crippen MR) is 108 cm³/mol. The lowest BCUT2D eigenvalue weighted by Crippen LogP contribution is -2.13. The van der Waals surface area contributed by atoms with E-state index >= 15 is 0 Å². The summed E-state index contributed by atoms with van der Waals surface area (Å²) in [5.41, 5.74) is 0.416. The molecular formula is C21H15N3O6. The molecule has 0 aliphatic heterocycles. The normalized spacial score (nSPS) is 10.9. The lowest BCUT2D eigenvalue weighted by molar-refractivity contribution is -0.384. The van der Waals surface area contributed by atoms with Crippen molar-refractivity contribution in [2.24, 2.45) is 0 Å². The molecule has 0 aliphatic rings. The Morgan fingerprint density at radius 1 is 1.23 bits per heavy atom. The predicted octanol–water partition coefficient (Wildman–Crippen LogP) is 4.11. The first kappa shape index (κ1) is 20.2. The molecule has 2 N–H and O–H groups in total. The van der Waals surface area contributed by atoms with Gasteiger partial charge in [-0.15, -0.1) is 0 Å². The molecule has 3 rings (SSSR count). The van der Waals surface area contributed by atoms with E-state index in [2.05, 4.69) is 5.32 Å². The summed E-state index contributed by atoms with van der Waals surface area (Å²) in [6.07, 6.45) is 1.25. The molecule has 1 heterocycles. The second kappa shape index (κ2) is 8.62. The third kappa shape index (κ3) is 4.45. The number of hydrogen-bond acceptors (Lipinski definition) is 7. The Hall–Kier alpha value is -4.58. The van der Waals surface area contributed by atoms with Crippen LogP contribution >= 0.6 is 0 Å². The van der Waals surface area contributed by atoms with Gasteiger partial charge in [-0.3, -0.25) is 14.9 Å². The largest absolute Gasteiger partial charge is 0.508 e. The van der Waals surface area contributed by atoms with E-state index in [0.717, 1.165) is 0 Å². The van der Waals surface area contributed by atoms with Gasteiger partial charge in [0.05, 0.1) is 17.6 Å². The summed E-state index contributed by atoms with van der Waals surface area (Å²) in [6, 6.07) is 14.7. The van der Waals surface area contributed by atoms with Crippen LogP contribution in [0.15, 0.2) is 64.6 Å². The zero-order valence-corrected chi connectivity index (χ0v) is 15.7. The average Bonchev–Trinajstić information content (AvgIpc) is 3.21. The van der Waals surface area contributed by atoms with Crippen molar-refractivity contribution in [1.29, 1.82) is 5.26 Å². The molecule has 2 aromatic carbocycles. The van der Waals surface area contributed by atoms with Gasteiger partial charge < -0.3 is 19.6 Å². The molecule has 3 aromatic rings. The van der Waals surface area contributed by atoms with E-state index in [1.807, 2.05) is 0 Å². The lowest BCUT2D eigenvalue weighted by Gasteiger charge is -2.06. The molecule has 0 bridgehead atoms. The van der Waals surface area contributed by atoms with Gasteiger partial charge in [0.2, 0.25) is 0 Å². The second-order valence-electron chi connectivity index (χ2n) is 6.01. The van der Waals surface area contributed by atoms with Crippen molar-refractivity contribution in [2.45, 2.75) is 0 Å². The van der Waals surface area contributed by atoms with Crippen molar-refractivity contribution in [3.63, 3.8) is 0 Å². The molecule has 9 nitrogen and oxygen atoms in total. The molecule has 0 saturated carbocycles. The van der Waals surface area contributed by atoms with E-state index in [4.69, 9.17) is 9.15 Å². The number of amides is 1. The van der Waals surface area contributed by atoms with Gasteiger partial charge in [-0.05, 0) is 42.5 Å². The molecule has 1 aromatic heterocycles. The lowest BCUT2D eigenvalue weighted by atomic mass is 10.1. The molecule has 0 spiro atoms. The first-order valence-electron chi connectivity index (χ1n) is 8.56. The number of phenols is 1. The van der Waals surface area contributed by atoms with Crippen LogP contribution in [0, 0.1) is 21.4 Å². The Morgan fingerprint density at radius 3 is 2.60 bits per heavy atom. The third-order valence-electron chi connectivity index (χ3n) is 4.06. The molecule has 0 unspecified atom stereocenters. The molecule has 0 fully saturated rings. The van der Waals surface area contributed by atoms with Gasteiger partial charge in [0.15, 0.2) is 0 Å². The fraction of sp³-hybridized carbons (Fsp3) is 0.0476. The highest BCUT2D eigenvalue weighted by Crippen LogP contribution is 2.34. The summed E-state index contributed by atoms with van der Waals surface area (Å²) in [7, 11) is 1.43. The monoisotopic (exact) mass is 405 g/mol. The fourth-order valence-electron chi connectivity index (χ4n) is 2.61. The molecule has 0 radical (unpaired) electrons. The molecular weight excluding hydrogens is 390 g/mol. The van der Waals surface area contributed by atoms with E-state index < -0.39 is 10.8 Å². The minimum atomic E-state index is -0.658. The maximum absolute atomic E-state index is 12.3. The topological polar surface area (TPSA) is 139 Å². The zero-order valence-electron chi connectivity index (χ0n) is 15.7. The molecule has 30 heavy (non-hydrogen) atoms. The Kier molecular flexibility index (Phi) is 5.79. The quantitative estimate of drug-likeness (QED) is 0.207. The van der Waals surface area contributed by atoms with Gasteiger partial charge in [0.25, 0.3) is 11.6 Å². The summed E-state index contributed by atoms with van der Waals surface area (Å²) in [4.78, 5) is 22.8. The average molecular weight is 405 g/mol. The number of aromatic hydroxyl groups is 1. The number of phenolic OH excluding ortho intramolecular Hbond substituents is 1. The summed E-state index contributed by atoms with van der Waals surface area (Å²) in [5.74, 6) is 0.239. The van der Waals surface area contributed by atoms with Crippen LogP contribution in [0.4, 0.5) is 11.4 Å². The smallest absolute Gasteiger partial charge is 0.270 e. The van der Waals surface area contributed by atoms with Crippen molar-refractivity contribution >= 4 is 23.4 Å². The van der Waals surface area contributed by atoms with Crippen molar-refractivity contribution in [2.75, 3.05) is 12.4 Å². The number of nitro benzene ring substituents is 1. The Labute approximate surface area is 170 Å². The van der Waals surface area contributed by atoms with Crippen molar-refractivity contribution in [1.82, 2.24) is 0 Å². The molecule has 1 amide bonds. The third-order valence-corrected chi connectivity index (χ3v) is 4.06. The van der Waals surface area contributed by atoms with E-state index in [1.54, 1.807) is 12.1 Å². The number of nitro groups is 1. The highest BCUT2D eigenvalue weighted by molar-refractivity contribution is 6.09. The van der Waals surface area contributed by atoms with Crippen molar-refractivity contribution < 1.29 is 24.0 Å². The molecule has 0 saturated heterocycles. The highest BCUT2D eigenvalue weighted by Gasteiger charge is 2.17. The number of rotatable bonds is 6. The van der Waals surface area contributed by atoms with Crippen LogP contribution in [0.25, 0.3) is 17.4 Å². The molecule has 0 atom stereocenters. The fourth-order valence-corrected chi connectivity index (χ4v) is 2.61. The first-order valence-corrected chi connectivity index (χ1v) is 8.56. The van der Waals surface area contributed by atoms with Crippen LogP contribution in [0.3, 0.4) is 0 Å². The summed E-state index contributed by atoms with van der Waals surface area (Å²) in [5, 5.41) is 32.2. The molecule has 0 aliphatic carbocycles. The van der Waals surface area contributed by atoms with E-state index in [-0.39, 0.29) is 28.5 Å². The van der Waals surface area contributed by atoms with Gasteiger partial charge >= 0.3 is 0 Å². The van der Waals surface area contributed by atoms with E-state index in [1.165, 1.54) is 61.7 Å². The second-order valence-corrected chi connectivity index (χ2v) is 6.01. The van der Waals surface area contributed by atoms with Gasteiger partial charge in [0, 0.05) is 23.9 Å². The van der Waals surface area contributed by atoms with Crippen LogP contribution in [0.5, 0.6) is 11.5 Å². The highest BCUT2D eigenvalue weighted by atomic mass is 16.6. The van der Waals surface area contributed by atoms with E-state index in [0.29, 0.717) is 17.0 Å². The number of non-ortho nitro benzene ring substituents is 1.